The number of carbonyl (C=O) groups excluding carboxylic acids is 3. The predicted molar refractivity (Wildman–Crippen MR) is 75.1 cm³/mol. The summed E-state index contributed by atoms with van der Waals surface area (Å²) in [4.78, 5) is 41.8. The first-order chi connectivity index (χ1) is 9.93. The molecule has 0 spiro atoms. The molecule has 0 N–H and O–H groups in total. The number of amides is 2. The van der Waals surface area contributed by atoms with Crippen LogP contribution in [0.5, 0.6) is 0 Å². The highest BCUT2D eigenvalue weighted by atomic mass is 35.5. The summed E-state index contributed by atoms with van der Waals surface area (Å²) in [6, 6.07) is 6.92. The minimum atomic E-state index is -1.00. The van der Waals surface area contributed by atoms with Gasteiger partial charge in [-0.05, 0) is 17.7 Å². The van der Waals surface area contributed by atoms with Gasteiger partial charge in [-0.1, -0.05) is 23.7 Å². The van der Waals surface area contributed by atoms with Gasteiger partial charge in [0.2, 0.25) is 5.78 Å². The Labute approximate surface area is 127 Å². The molecule has 2 amide bonds. The first-order valence-electron chi connectivity index (χ1n) is 6.33. The van der Waals surface area contributed by atoms with Crippen molar-refractivity contribution in [1.29, 1.82) is 0 Å². The number of likely N-dealkylation sites (N-methyl/N-ethyl adjacent to an activating group) is 1. The lowest BCUT2D eigenvalue weighted by Crippen LogP contribution is -2.38. The van der Waals surface area contributed by atoms with Crippen molar-refractivity contribution in [3.8, 4) is 0 Å². The van der Waals surface area contributed by atoms with E-state index in [1.54, 1.807) is 24.3 Å². The Morgan fingerprint density at radius 1 is 1.38 bits per heavy atom. The van der Waals surface area contributed by atoms with Crippen LogP contribution in [0.1, 0.15) is 5.56 Å². The van der Waals surface area contributed by atoms with E-state index >= 15 is 0 Å². The lowest BCUT2D eigenvalue weighted by molar-refractivity contribution is -0.183. The second kappa shape index (κ2) is 6.24. The van der Waals surface area contributed by atoms with Crippen LogP contribution in [0.3, 0.4) is 0 Å². The third-order valence-electron chi connectivity index (χ3n) is 3.33. The quantitative estimate of drug-likeness (QED) is 0.470. The van der Waals surface area contributed by atoms with Gasteiger partial charge in [0, 0.05) is 18.6 Å². The monoisotopic (exact) mass is 310 g/mol. The number of ketones is 1. The van der Waals surface area contributed by atoms with Crippen LogP contribution in [-0.4, -0.2) is 48.3 Å². The van der Waals surface area contributed by atoms with E-state index < -0.39 is 23.5 Å². The minimum absolute atomic E-state index is 0.0803. The van der Waals surface area contributed by atoms with Crippen molar-refractivity contribution in [2.75, 3.05) is 20.7 Å². The van der Waals surface area contributed by atoms with Crippen molar-refractivity contribution in [2.45, 2.75) is 6.54 Å². The number of halogens is 1. The van der Waals surface area contributed by atoms with E-state index in [1.807, 2.05) is 0 Å². The normalized spacial score (nSPS) is 18.2. The molecule has 1 fully saturated rings. The number of rotatable bonds is 4. The maximum atomic E-state index is 12.3. The molecule has 1 aliphatic rings. The van der Waals surface area contributed by atoms with Crippen molar-refractivity contribution >= 4 is 29.2 Å². The van der Waals surface area contributed by atoms with Gasteiger partial charge in [-0.25, -0.2) is 5.06 Å². The van der Waals surface area contributed by atoms with Crippen LogP contribution in [0.15, 0.2) is 24.3 Å². The Balaban J connectivity index is 2.10. The number of nitrogens with zero attached hydrogens (tertiary/aromatic N) is 2. The number of carbonyl (C=O) groups is 3. The molecule has 1 heterocycles. The highest BCUT2D eigenvalue weighted by Crippen LogP contribution is 2.18. The van der Waals surface area contributed by atoms with Gasteiger partial charge in [-0.3, -0.25) is 19.2 Å². The average Bonchev–Trinajstić information content (AvgIpc) is 2.73. The van der Waals surface area contributed by atoms with E-state index in [0.29, 0.717) is 5.02 Å². The molecule has 1 aromatic rings. The molecule has 0 radical (unpaired) electrons. The second-order valence-corrected chi connectivity index (χ2v) is 5.22. The Morgan fingerprint density at radius 2 is 2.00 bits per heavy atom. The van der Waals surface area contributed by atoms with Gasteiger partial charge < -0.3 is 4.90 Å². The molecule has 1 aromatic carbocycles. The van der Waals surface area contributed by atoms with Gasteiger partial charge in [0.25, 0.3) is 11.8 Å². The lowest BCUT2D eigenvalue weighted by Gasteiger charge is -2.22. The topological polar surface area (TPSA) is 66.9 Å². The van der Waals surface area contributed by atoms with E-state index in [4.69, 9.17) is 16.4 Å². The van der Waals surface area contributed by atoms with Crippen molar-refractivity contribution in [1.82, 2.24) is 9.96 Å². The lowest BCUT2D eigenvalue weighted by atomic mass is 10.1. The summed E-state index contributed by atoms with van der Waals surface area (Å²) in [6.45, 7) is 0.255. The van der Waals surface area contributed by atoms with Gasteiger partial charge in [0.15, 0.2) is 0 Å². The SMILES string of the molecule is CON(Cc1ccc(Cl)cc1)C(=O)C1CN(C)C(=O)C1=O. The van der Waals surface area contributed by atoms with Crippen LogP contribution < -0.4 is 0 Å². The van der Waals surface area contributed by atoms with E-state index in [2.05, 4.69) is 0 Å². The Kier molecular flexibility index (Phi) is 4.59. The fourth-order valence-electron chi connectivity index (χ4n) is 2.13. The first kappa shape index (κ1) is 15.5. The van der Waals surface area contributed by atoms with Gasteiger partial charge in [-0.2, -0.15) is 0 Å². The molecule has 0 aromatic heterocycles. The highest BCUT2D eigenvalue weighted by molar-refractivity contribution is 6.42. The molecule has 0 saturated carbocycles. The Morgan fingerprint density at radius 3 is 2.48 bits per heavy atom. The summed E-state index contributed by atoms with van der Waals surface area (Å²) in [7, 11) is 2.84. The fourth-order valence-corrected chi connectivity index (χ4v) is 2.25. The van der Waals surface area contributed by atoms with Crippen molar-refractivity contribution in [3.05, 3.63) is 34.9 Å². The van der Waals surface area contributed by atoms with Crippen LogP contribution in [0, 0.1) is 5.92 Å². The molecular weight excluding hydrogens is 296 g/mol. The van der Waals surface area contributed by atoms with Crippen LogP contribution in [0.4, 0.5) is 0 Å². The number of hydrogen-bond acceptors (Lipinski definition) is 4. The smallest absolute Gasteiger partial charge is 0.290 e. The van der Waals surface area contributed by atoms with Crippen LogP contribution >= 0.6 is 11.6 Å². The summed E-state index contributed by atoms with van der Waals surface area (Å²) >= 11 is 5.80. The summed E-state index contributed by atoms with van der Waals surface area (Å²) < 4.78 is 0. The molecule has 1 saturated heterocycles. The Bertz CT molecular complexity index is 573. The minimum Gasteiger partial charge on any atom is -0.338 e. The van der Waals surface area contributed by atoms with E-state index in [1.165, 1.54) is 19.1 Å². The molecule has 6 nitrogen and oxygen atoms in total. The summed E-state index contributed by atoms with van der Waals surface area (Å²) in [5.41, 5.74) is 0.805. The molecule has 0 bridgehead atoms. The number of Topliss-reactive ketones (excluding diaryl/α,β-unsaturated/α-hetero) is 1. The number of benzene rings is 1. The average molecular weight is 311 g/mol. The first-order valence-corrected chi connectivity index (χ1v) is 6.71. The molecule has 1 unspecified atom stereocenters. The van der Waals surface area contributed by atoms with E-state index in [0.717, 1.165) is 10.6 Å². The van der Waals surface area contributed by atoms with Crippen LogP contribution in [0.2, 0.25) is 5.02 Å². The zero-order valence-corrected chi connectivity index (χ0v) is 12.5. The molecule has 2 rings (SSSR count). The predicted octanol–water partition coefficient (Wildman–Crippen LogP) is 0.887. The molecule has 0 aliphatic carbocycles. The third-order valence-corrected chi connectivity index (χ3v) is 3.59. The summed E-state index contributed by atoms with van der Waals surface area (Å²) in [6.07, 6.45) is 0. The van der Waals surface area contributed by atoms with Crippen molar-refractivity contribution in [2.24, 2.45) is 5.92 Å². The maximum Gasteiger partial charge on any atom is 0.290 e. The zero-order chi connectivity index (χ0) is 15.6. The maximum absolute atomic E-state index is 12.3. The number of hydroxylamine groups is 2. The molecular formula is C14H15ClN2O4. The van der Waals surface area contributed by atoms with Gasteiger partial charge in [-0.15, -0.1) is 0 Å². The number of hydrogen-bond donors (Lipinski definition) is 0. The van der Waals surface area contributed by atoms with Gasteiger partial charge in [0.05, 0.1) is 13.7 Å². The third kappa shape index (κ3) is 3.22. The number of likely N-dealkylation sites (tertiary alicyclic amines) is 1. The second-order valence-electron chi connectivity index (χ2n) is 4.79. The largest absolute Gasteiger partial charge is 0.338 e. The van der Waals surface area contributed by atoms with Crippen molar-refractivity contribution in [3.63, 3.8) is 0 Å². The Hall–Kier alpha value is -1.92. The van der Waals surface area contributed by atoms with E-state index in [9.17, 15) is 14.4 Å². The van der Waals surface area contributed by atoms with Gasteiger partial charge in [0.1, 0.15) is 5.92 Å². The summed E-state index contributed by atoms with van der Waals surface area (Å²) in [5, 5.41) is 1.67. The molecule has 112 valence electrons. The van der Waals surface area contributed by atoms with E-state index in [-0.39, 0.29) is 13.1 Å². The summed E-state index contributed by atoms with van der Waals surface area (Å²) in [5.74, 6) is -2.86. The zero-order valence-electron chi connectivity index (χ0n) is 11.7. The van der Waals surface area contributed by atoms with Crippen molar-refractivity contribution < 1.29 is 19.2 Å². The van der Waals surface area contributed by atoms with Crippen LogP contribution in [0.25, 0.3) is 0 Å². The molecule has 1 aliphatic heterocycles. The van der Waals surface area contributed by atoms with Gasteiger partial charge >= 0.3 is 0 Å². The molecule has 21 heavy (non-hydrogen) atoms. The standard InChI is InChI=1S/C14H15ClN2O4/c1-16-8-11(12(18)14(16)20)13(19)17(21-2)7-9-3-5-10(15)6-4-9/h3-6,11H,7-8H2,1-2H3. The van der Waals surface area contributed by atoms with Crippen LogP contribution in [-0.2, 0) is 25.8 Å². The highest BCUT2D eigenvalue weighted by Gasteiger charge is 2.43. The molecule has 1 atom stereocenters. The molecule has 7 heteroatoms. The fraction of sp³-hybridized carbons (Fsp3) is 0.357.